The molecule has 0 spiro atoms. The number of alkyl halides is 3. The molecule has 0 saturated heterocycles. The molecule has 7 heteroatoms. The molecule has 0 saturated carbocycles. The SMILES string of the molecule is O=C(COC(=O)c1ccccc1C(F)(F)F)NC(c1ccccc1)c1ccccc1. The number of hydrogen-bond acceptors (Lipinski definition) is 3. The van der Waals surface area contributed by atoms with Crippen molar-refractivity contribution in [2.45, 2.75) is 12.2 Å². The molecule has 0 aliphatic heterocycles. The fraction of sp³-hybridized carbons (Fsp3) is 0.130. The summed E-state index contributed by atoms with van der Waals surface area (Å²) in [6.45, 7) is -0.707. The monoisotopic (exact) mass is 413 g/mol. The van der Waals surface area contributed by atoms with Crippen LogP contribution < -0.4 is 5.32 Å². The molecule has 0 aliphatic rings. The lowest BCUT2D eigenvalue weighted by atomic mass is 9.99. The molecule has 0 atom stereocenters. The van der Waals surface area contributed by atoms with Gasteiger partial charge in [0.15, 0.2) is 6.61 Å². The van der Waals surface area contributed by atoms with Gasteiger partial charge in [0.2, 0.25) is 0 Å². The Bertz CT molecular complexity index is 965. The molecule has 30 heavy (non-hydrogen) atoms. The van der Waals surface area contributed by atoms with Crippen molar-refractivity contribution in [1.29, 1.82) is 0 Å². The summed E-state index contributed by atoms with van der Waals surface area (Å²) in [5, 5.41) is 2.76. The van der Waals surface area contributed by atoms with E-state index in [0.717, 1.165) is 23.3 Å². The van der Waals surface area contributed by atoms with Gasteiger partial charge in [-0.25, -0.2) is 4.79 Å². The lowest BCUT2D eigenvalue weighted by Crippen LogP contribution is -2.33. The van der Waals surface area contributed by atoms with Crippen LogP contribution in [0.1, 0.15) is 33.1 Å². The van der Waals surface area contributed by atoms with Crippen molar-refractivity contribution < 1.29 is 27.5 Å². The molecule has 0 heterocycles. The first kappa shape index (κ1) is 21.1. The zero-order chi connectivity index (χ0) is 21.6. The fourth-order valence-electron chi connectivity index (χ4n) is 2.97. The van der Waals surface area contributed by atoms with Gasteiger partial charge in [-0.3, -0.25) is 4.79 Å². The van der Waals surface area contributed by atoms with Gasteiger partial charge in [-0.15, -0.1) is 0 Å². The molecular formula is C23H18F3NO3. The minimum absolute atomic E-state index is 0.499. The number of halogens is 3. The molecule has 3 aromatic carbocycles. The molecule has 154 valence electrons. The van der Waals surface area contributed by atoms with Crippen molar-refractivity contribution in [3.8, 4) is 0 Å². The largest absolute Gasteiger partial charge is 0.452 e. The maximum absolute atomic E-state index is 13.1. The topological polar surface area (TPSA) is 55.4 Å². The van der Waals surface area contributed by atoms with Crippen molar-refractivity contribution in [2.75, 3.05) is 6.61 Å². The van der Waals surface area contributed by atoms with Crippen LogP contribution in [-0.2, 0) is 15.7 Å². The van der Waals surface area contributed by atoms with Gasteiger partial charge >= 0.3 is 12.1 Å². The summed E-state index contributed by atoms with van der Waals surface area (Å²) in [5.74, 6) is -1.85. The van der Waals surface area contributed by atoms with Crippen LogP contribution in [0.5, 0.6) is 0 Å². The molecule has 0 aromatic heterocycles. The van der Waals surface area contributed by atoms with E-state index in [2.05, 4.69) is 5.32 Å². The maximum atomic E-state index is 13.1. The van der Waals surface area contributed by atoms with E-state index in [1.807, 2.05) is 60.7 Å². The summed E-state index contributed by atoms with van der Waals surface area (Å²) in [5.41, 5.74) is -0.126. The summed E-state index contributed by atoms with van der Waals surface area (Å²) in [4.78, 5) is 24.5. The molecule has 0 bridgehead atoms. The van der Waals surface area contributed by atoms with Crippen LogP contribution in [-0.4, -0.2) is 18.5 Å². The average Bonchev–Trinajstić information content (AvgIpc) is 2.76. The Morgan fingerprint density at radius 3 is 1.83 bits per heavy atom. The second-order valence-electron chi connectivity index (χ2n) is 6.44. The Morgan fingerprint density at radius 2 is 1.30 bits per heavy atom. The van der Waals surface area contributed by atoms with Crippen LogP contribution in [0, 0.1) is 0 Å². The fourth-order valence-corrected chi connectivity index (χ4v) is 2.97. The van der Waals surface area contributed by atoms with Gasteiger partial charge < -0.3 is 10.1 Å². The summed E-state index contributed by atoms with van der Waals surface area (Å²) >= 11 is 0. The minimum atomic E-state index is -4.70. The third-order valence-electron chi connectivity index (χ3n) is 4.36. The van der Waals surface area contributed by atoms with Crippen molar-refractivity contribution >= 4 is 11.9 Å². The second-order valence-corrected chi connectivity index (χ2v) is 6.44. The quantitative estimate of drug-likeness (QED) is 0.593. The van der Waals surface area contributed by atoms with E-state index in [1.165, 1.54) is 12.1 Å². The van der Waals surface area contributed by atoms with Crippen molar-refractivity contribution in [3.05, 3.63) is 107 Å². The Labute approximate surface area is 171 Å². The number of carbonyl (C=O) groups is 2. The van der Waals surface area contributed by atoms with Gasteiger partial charge in [0.1, 0.15) is 0 Å². The second kappa shape index (κ2) is 9.26. The normalized spacial score (nSPS) is 11.2. The molecular weight excluding hydrogens is 395 g/mol. The molecule has 0 fully saturated rings. The highest BCUT2D eigenvalue weighted by atomic mass is 19.4. The average molecular weight is 413 g/mol. The number of benzene rings is 3. The number of carbonyl (C=O) groups excluding carboxylic acids is 2. The van der Waals surface area contributed by atoms with Gasteiger partial charge in [-0.1, -0.05) is 72.8 Å². The van der Waals surface area contributed by atoms with Crippen molar-refractivity contribution in [1.82, 2.24) is 5.32 Å². The zero-order valence-corrected chi connectivity index (χ0v) is 15.7. The van der Waals surface area contributed by atoms with E-state index in [-0.39, 0.29) is 0 Å². The molecule has 0 aliphatic carbocycles. The van der Waals surface area contributed by atoms with Crippen LogP contribution in [0.4, 0.5) is 13.2 Å². The van der Waals surface area contributed by atoms with E-state index in [4.69, 9.17) is 4.74 Å². The third-order valence-corrected chi connectivity index (χ3v) is 4.36. The number of nitrogens with one attached hydrogen (secondary N) is 1. The molecule has 1 amide bonds. The van der Waals surface area contributed by atoms with Crippen LogP contribution in [0.15, 0.2) is 84.9 Å². The Morgan fingerprint density at radius 1 is 0.800 bits per heavy atom. The summed E-state index contributed by atoms with van der Waals surface area (Å²) in [7, 11) is 0. The first-order valence-electron chi connectivity index (χ1n) is 9.09. The van der Waals surface area contributed by atoms with Crippen molar-refractivity contribution in [3.63, 3.8) is 0 Å². The summed E-state index contributed by atoms with van der Waals surface area (Å²) in [6, 6.07) is 22.1. The van der Waals surface area contributed by atoms with Crippen LogP contribution in [0.3, 0.4) is 0 Å². The molecule has 1 N–H and O–H groups in total. The number of rotatable bonds is 6. The van der Waals surface area contributed by atoms with Crippen LogP contribution in [0.25, 0.3) is 0 Å². The van der Waals surface area contributed by atoms with E-state index in [1.54, 1.807) is 0 Å². The van der Waals surface area contributed by atoms with Gasteiger partial charge in [-0.2, -0.15) is 13.2 Å². The van der Waals surface area contributed by atoms with Crippen LogP contribution in [0.2, 0.25) is 0 Å². The minimum Gasteiger partial charge on any atom is -0.452 e. The molecule has 4 nitrogen and oxygen atoms in total. The van der Waals surface area contributed by atoms with Crippen molar-refractivity contribution in [2.24, 2.45) is 0 Å². The lowest BCUT2D eigenvalue weighted by molar-refractivity contribution is -0.138. The highest BCUT2D eigenvalue weighted by molar-refractivity contribution is 5.93. The smallest absolute Gasteiger partial charge is 0.417 e. The van der Waals surface area contributed by atoms with E-state index in [0.29, 0.717) is 0 Å². The maximum Gasteiger partial charge on any atom is 0.417 e. The molecule has 3 aromatic rings. The van der Waals surface area contributed by atoms with E-state index >= 15 is 0 Å². The highest BCUT2D eigenvalue weighted by Gasteiger charge is 2.35. The molecule has 0 radical (unpaired) electrons. The van der Waals surface area contributed by atoms with E-state index in [9.17, 15) is 22.8 Å². The van der Waals surface area contributed by atoms with Gasteiger partial charge in [0.05, 0.1) is 17.2 Å². The standard InChI is InChI=1S/C23H18F3NO3/c24-23(25,26)19-14-8-7-13-18(19)22(29)30-15-20(28)27-21(16-9-3-1-4-10-16)17-11-5-2-6-12-17/h1-14,21H,15H2,(H,27,28). The van der Waals surface area contributed by atoms with Gasteiger partial charge in [0, 0.05) is 0 Å². The first-order valence-corrected chi connectivity index (χ1v) is 9.09. The first-order chi connectivity index (χ1) is 14.4. The summed E-state index contributed by atoms with van der Waals surface area (Å²) in [6.07, 6.45) is -4.70. The summed E-state index contributed by atoms with van der Waals surface area (Å²) < 4.78 is 44.1. The lowest BCUT2D eigenvalue weighted by Gasteiger charge is -2.20. The van der Waals surface area contributed by atoms with E-state index < -0.39 is 41.8 Å². The number of ether oxygens (including phenoxy) is 1. The number of hydrogen-bond donors (Lipinski definition) is 1. The number of esters is 1. The van der Waals surface area contributed by atoms with Gasteiger partial charge in [-0.05, 0) is 23.3 Å². The Balaban J connectivity index is 1.71. The van der Waals surface area contributed by atoms with Gasteiger partial charge in [0.25, 0.3) is 5.91 Å². The third kappa shape index (κ3) is 5.26. The highest BCUT2D eigenvalue weighted by Crippen LogP contribution is 2.32. The molecule has 3 rings (SSSR count). The Hall–Kier alpha value is -3.61. The molecule has 0 unspecified atom stereocenters. The van der Waals surface area contributed by atoms with Crippen LogP contribution >= 0.6 is 0 Å². The predicted molar refractivity (Wildman–Crippen MR) is 105 cm³/mol. The Kier molecular flexibility index (Phi) is 6.51. The zero-order valence-electron chi connectivity index (χ0n) is 15.7. The predicted octanol–water partition coefficient (Wildman–Crippen LogP) is 4.77. The number of amides is 1.